The highest BCUT2D eigenvalue weighted by Crippen LogP contribution is 2.32. The molecule has 0 spiro atoms. The molecule has 0 aliphatic carbocycles. The Hall–Kier alpha value is -2.97. The number of fused-ring (bicyclic) bond motifs is 1. The zero-order valence-corrected chi connectivity index (χ0v) is 18.8. The Morgan fingerprint density at radius 2 is 1.75 bits per heavy atom. The molecule has 1 saturated heterocycles. The largest absolute Gasteiger partial charge is 0.481 e. The maximum absolute atomic E-state index is 12.7. The third-order valence-corrected chi connectivity index (χ3v) is 5.44. The van der Waals surface area contributed by atoms with E-state index in [0.29, 0.717) is 42.4 Å². The van der Waals surface area contributed by atoms with Crippen LogP contribution in [0.1, 0.15) is 17.3 Å². The second kappa shape index (κ2) is 11.1. The number of hydrogen-bond donors (Lipinski definition) is 1. The van der Waals surface area contributed by atoms with Gasteiger partial charge in [0.15, 0.2) is 17.6 Å². The molecule has 1 unspecified atom stereocenters. The predicted molar refractivity (Wildman–Crippen MR) is 122 cm³/mol. The molecule has 2 aromatic carbocycles. The molecular formula is C23H28ClN3O5. The van der Waals surface area contributed by atoms with E-state index >= 15 is 0 Å². The molecule has 9 heteroatoms. The molecule has 32 heavy (non-hydrogen) atoms. The minimum atomic E-state index is -0.519. The second-order valence-electron chi connectivity index (χ2n) is 7.56. The summed E-state index contributed by atoms with van der Waals surface area (Å²) < 4.78 is 16.3. The number of ether oxygens (including phenoxy) is 3. The van der Waals surface area contributed by atoms with Crippen molar-refractivity contribution in [3.63, 3.8) is 0 Å². The molecule has 0 bridgehead atoms. The first-order valence-corrected chi connectivity index (χ1v) is 10.5. The van der Waals surface area contributed by atoms with Crippen molar-refractivity contribution in [2.45, 2.75) is 13.0 Å². The third kappa shape index (κ3) is 5.83. The van der Waals surface area contributed by atoms with E-state index in [0.717, 1.165) is 19.6 Å². The lowest BCUT2D eigenvalue weighted by atomic mass is 10.2. The molecule has 1 fully saturated rings. The van der Waals surface area contributed by atoms with E-state index in [1.807, 2.05) is 35.2 Å². The number of nitrogens with one attached hydrogen (secondary N) is 1. The zero-order chi connectivity index (χ0) is 21.6. The van der Waals surface area contributed by atoms with Gasteiger partial charge in [-0.1, -0.05) is 18.2 Å². The number of carbonyl (C=O) groups is 2. The highest BCUT2D eigenvalue weighted by molar-refractivity contribution is 5.94. The smallest absolute Gasteiger partial charge is 0.263 e. The first-order valence-electron chi connectivity index (χ1n) is 10.5. The van der Waals surface area contributed by atoms with Crippen molar-refractivity contribution in [2.75, 3.05) is 46.1 Å². The second-order valence-corrected chi connectivity index (χ2v) is 7.56. The summed E-state index contributed by atoms with van der Waals surface area (Å²) in [6.45, 7) is 6.07. The van der Waals surface area contributed by atoms with Gasteiger partial charge in [0.1, 0.15) is 5.75 Å². The van der Waals surface area contributed by atoms with Crippen LogP contribution in [-0.2, 0) is 4.79 Å². The van der Waals surface area contributed by atoms with E-state index < -0.39 is 6.10 Å². The standard InChI is InChI=1S/C23H27N3O5.ClH/c1-17(31-19-5-3-2-4-6-19)23(28)26-13-11-25(12-14-26)10-9-24-22(27)18-7-8-20-21(15-18)30-16-29-20;/h2-8,15,17H,9-14,16H2,1H3,(H,24,27);1H. The normalized spacial score (nSPS) is 16.1. The Balaban J connectivity index is 0.00000289. The monoisotopic (exact) mass is 461 g/mol. The summed E-state index contributed by atoms with van der Waals surface area (Å²) in [5, 5.41) is 2.94. The molecule has 0 aromatic heterocycles. The number of carbonyl (C=O) groups excluding carboxylic acids is 2. The van der Waals surface area contributed by atoms with Crippen LogP contribution in [0.3, 0.4) is 0 Å². The number of piperazine rings is 1. The van der Waals surface area contributed by atoms with E-state index in [9.17, 15) is 9.59 Å². The summed E-state index contributed by atoms with van der Waals surface area (Å²) >= 11 is 0. The van der Waals surface area contributed by atoms with Crippen LogP contribution >= 0.6 is 12.4 Å². The lowest BCUT2D eigenvalue weighted by Crippen LogP contribution is -2.52. The Morgan fingerprint density at radius 3 is 2.50 bits per heavy atom. The number of nitrogens with zero attached hydrogens (tertiary/aromatic N) is 2. The van der Waals surface area contributed by atoms with Crippen molar-refractivity contribution in [3.05, 3.63) is 54.1 Å². The fourth-order valence-corrected chi connectivity index (χ4v) is 3.67. The molecule has 1 atom stereocenters. The Bertz CT molecular complexity index is 919. The minimum absolute atomic E-state index is 0. The predicted octanol–water partition coefficient (Wildman–Crippen LogP) is 2.18. The molecule has 2 heterocycles. The van der Waals surface area contributed by atoms with Crippen molar-refractivity contribution >= 4 is 24.2 Å². The van der Waals surface area contributed by atoms with Gasteiger partial charge >= 0.3 is 0 Å². The number of halogens is 1. The van der Waals surface area contributed by atoms with Crippen molar-refractivity contribution in [3.8, 4) is 17.2 Å². The van der Waals surface area contributed by atoms with Crippen molar-refractivity contribution in [1.29, 1.82) is 0 Å². The van der Waals surface area contributed by atoms with Gasteiger partial charge in [-0.3, -0.25) is 14.5 Å². The molecule has 2 aliphatic rings. The molecule has 0 radical (unpaired) electrons. The van der Waals surface area contributed by atoms with Gasteiger partial charge in [-0.2, -0.15) is 0 Å². The number of para-hydroxylation sites is 1. The lowest BCUT2D eigenvalue weighted by Gasteiger charge is -2.35. The average molecular weight is 462 g/mol. The molecule has 1 N–H and O–H groups in total. The molecule has 2 amide bonds. The maximum Gasteiger partial charge on any atom is 0.263 e. The number of benzene rings is 2. The molecule has 172 valence electrons. The number of amides is 2. The highest BCUT2D eigenvalue weighted by atomic mass is 35.5. The van der Waals surface area contributed by atoms with Crippen molar-refractivity contribution in [1.82, 2.24) is 15.1 Å². The highest BCUT2D eigenvalue weighted by Gasteiger charge is 2.26. The lowest BCUT2D eigenvalue weighted by molar-refractivity contribution is -0.139. The molecule has 2 aromatic rings. The topological polar surface area (TPSA) is 80.3 Å². The van der Waals surface area contributed by atoms with E-state index in [1.165, 1.54) is 0 Å². The molecule has 4 rings (SSSR count). The van der Waals surface area contributed by atoms with Crippen LogP contribution in [-0.4, -0.2) is 73.8 Å². The van der Waals surface area contributed by atoms with Crippen LogP contribution in [0.5, 0.6) is 17.2 Å². The third-order valence-electron chi connectivity index (χ3n) is 5.44. The number of hydrogen-bond acceptors (Lipinski definition) is 6. The van der Waals surface area contributed by atoms with Crippen molar-refractivity contribution < 1.29 is 23.8 Å². The van der Waals surface area contributed by atoms with E-state index in [2.05, 4.69) is 10.2 Å². The summed E-state index contributed by atoms with van der Waals surface area (Å²) in [6, 6.07) is 14.5. The van der Waals surface area contributed by atoms with Crippen molar-refractivity contribution in [2.24, 2.45) is 0 Å². The minimum Gasteiger partial charge on any atom is -0.481 e. The first-order chi connectivity index (χ1) is 15.1. The quantitative estimate of drug-likeness (QED) is 0.680. The van der Waals surface area contributed by atoms with E-state index in [4.69, 9.17) is 14.2 Å². The van der Waals surface area contributed by atoms with Crippen LogP contribution in [0, 0.1) is 0 Å². The summed E-state index contributed by atoms with van der Waals surface area (Å²) in [4.78, 5) is 29.1. The average Bonchev–Trinajstić information content (AvgIpc) is 3.27. The summed E-state index contributed by atoms with van der Waals surface area (Å²) in [6.07, 6.45) is -0.519. The SMILES string of the molecule is CC(Oc1ccccc1)C(=O)N1CCN(CCNC(=O)c2ccc3c(c2)OCO3)CC1.Cl. The van der Waals surface area contributed by atoms with Gasteiger partial charge in [-0.25, -0.2) is 0 Å². The molecule has 8 nitrogen and oxygen atoms in total. The Kier molecular flexibility index (Phi) is 8.19. The molecule has 0 saturated carbocycles. The van der Waals surface area contributed by atoms with Gasteiger partial charge in [0, 0.05) is 44.8 Å². The zero-order valence-electron chi connectivity index (χ0n) is 18.0. The first kappa shape index (κ1) is 23.7. The van der Waals surface area contributed by atoms with Gasteiger partial charge in [0.05, 0.1) is 0 Å². The fraction of sp³-hybridized carbons (Fsp3) is 0.391. The number of rotatable bonds is 7. The van der Waals surface area contributed by atoms with Gasteiger partial charge < -0.3 is 24.4 Å². The van der Waals surface area contributed by atoms with E-state index in [1.54, 1.807) is 25.1 Å². The van der Waals surface area contributed by atoms with Crippen LogP contribution < -0.4 is 19.5 Å². The fourth-order valence-electron chi connectivity index (χ4n) is 3.67. The van der Waals surface area contributed by atoms with Gasteiger partial charge in [-0.15, -0.1) is 12.4 Å². The van der Waals surface area contributed by atoms with E-state index in [-0.39, 0.29) is 31.0 Å². The van der Waals surface area contributed by atoms with Crippen LogP contribution in [0.15, 0.2) is 48.5 Å². The maximum atomic E-state index is 12.7. The molecule has 2 aliphatic heterocycles. The van der Waals surface area contributed by atoms with Crippen LogP contribution in [0.4, 0.5) is 0 Å². The Labute approximate surface area is 193 Å². The van der Waals surface area contributed by atoms with Crippen LogP contribution in [0.25, 0.3) is 0 Å². The van der Waals surface area contributed by atoms with Gasteiger partial charge in [-0.05, 0) is 37.3 Å². The van der Waals surface area contributed by atoms with Gasteiger partial charge in [0.25, 0.3) is 11.8 Å². The van der Waals surface area contributed by atoms with Crippen LogP contribution in [0.2, 0.25) is 0 Å². The molecular weight excluding hydrogens is 434 g/mol. The summed E-state index contributed by atoms with van der Waals surface area (Å²) in [5.41, 5.74) is 0.548. The Morgan fingerprint density at radius 1 is 1.03 bits per heavy atom. The summed E-state index contributed by atoms with van der Waals surface area (Å²) in [5.74, 6) is 1.81. The van der Waals surface area contributed by atoms with Gasteiger partial charge in [0.2, 0.25) is 6.79 Å². The summed E-state index contributed by atoms with van der Waals surface area (Å²) in [7, 11) is 0.